The Morgan fingerprint density at radius 1 is 1.48 bits per heavy atom. The molecule has 1 aliphatic heterocycles. The first-order chi connectivity index (χ1) is 11.0. The van der Waals surface area contributed by atoms with Gasteiger partial charge >= 0.3 is 5.97 Å². The van der Waals surface area contributed by atoms with Crippen LogP contribution in [0.4, 0.5) is 0 Å². The lowest BCUT2D eigenvalue weighted by Crippen LogP contribution is -2.36. The number of hydrogen-bond donors (Lipinski definition) is 1. The Hall–Kier alpha value is -2.15. The van der Waals surface area contributed by atoms with Gasteiger partial charge in [0.2, 0.25) is 0 Å². The molecule has 0 unspecified atom stereocenters. The van der Waals surface area contributed by atoms with Crippen LogP contribution in [0.1, 0.15) is 42.1 Å². The van der Waals surface area contributed by atoms with Crippen LogP contribution in [-0.4, -0.2) is 48.2 Å². The number of rotatable bonds is 6. The van der Waals surface area contributed by atoms with Gasteiger partial charge in [-0.15, -0.1) is 0 Å². The predicted molar refractivity (Wildman–Crippen MR) is 83.9 cm³/mol. The Balaban J connectivity index is 1.90. The van der Waals surface area contributed by atoms with E-state index in [0.29, 0.717) is 31.2 Å². The van der Waals surface area contributed by atoms with Crippen molar-refractivity contribution in [3.05, 3.63) is 29.2 Å². The van der Waals surface area contributed by atoms with E-state index in [1.807, 2.05) is 0 Å². The normalized spacial score (nSPS) is 15.0. The van der Waals surface area contributed by atoms with Crippen molar-refractivity contribution in [1.29, 1.82) is 0 Å². The summed E-state index contributed by atoms with van der Waals surface area (Å²) in [6, 6.07) is 0.414. The Labute approximate surface area is 135 Å². The highest BCUT2D eigenvalue weighted by Gasteiger charge is 2.28. The van der Waals surface area contributed by atoms with E-state index in [1.54, 1.807) is 6.08 Å². The Morgan fingerprint density at radius 2 is 2.26 bits per heavy atom. The van der Waals surface area contributed by atoms with Crippen LogP contribution in [-0.2, 0) is 22.5 Å². The molecule has 0 aromatic carbocycles. The third-order valence-electron chi connectivity index (χ3n) is 3.85. The molecule has 0 saturated carbocycles. The van der Waals surface area contributed by atoms with Crippen LogP contribution in [0.3, 0.4) is 0 Å². The molecule has 23 heavy (non-hydrogen) atoms. The van der Waals surface area contributed by atoms with Gasteiger partial charge in [-0.1, -0.05) is 11.2 Å². The third kappa shape index (κ3) is 4.41. The van der Waals surface area contributed by atoms with Crippen LogP contribution < -0.4 is 5.32 Å². The lowest BCUT2D eigenvalue weighted by atomic mass is 10.0. The maximum absolute atomic E-state index is 12.2. The third-order valence-corrected chi connectivity index (χ3v) is 3.85. The summed E-state index contributed by atoms with van der Waals surface area (Å²) < 4.78 is 9.79. The summed E-state index contributed by atoms with van der Waals surface area (Å²) >= 11 is 0. The van der Waals surface area contributed by atoms with Crippen LogP contribution in [0.15, 0.2) is 16.7 Å². The molecule has 7 nitrogen and oxygen atoms in total. The van der Waals surface area contributed by atoms with Crippen molar-refractivity contribution in [1.82, 2.24) is 15.4 Å². The topological polar surface area (TPSA) is 84.7 Å². The van der Waals surface area contributed by atoms with Crippen LogP contribution in [0.2, 0.25) is 0 Å². The van der Waals surface area contributed by atoms with E-state index in [0.717, 1.165) is 24.3 Å². The highest BCUT2D eigenvalue weighted by atomic mass is 16.5. The Bertz CT molecular complexity index is 592. The fourth-order valence-corrected chi connectivity index (χ4v) is 2.45. The lowest BCUT2D eigenvalue weighted by Gasteiger charge is -2.29. The number of esters is 1. The number of amides is 1. The first-order valence-electron chi connectivity index (χ1n) is 7.77. The smallest absolute Gasteiger partial charge is 0.330 e. The number of nitrogens with zero attached hydrogens (tertiary/aromatic N) is 2. The molecule has 1 N–H and O–H groups in total. The average Bonchev–Trinajstić information content (AvgIpc) is 2.97. The van der Waals surface area contributed by atoms with E-state index < -0.39 is 5.97 Å². The van der Waals surface area contributed by atoms with Crippen molar-refractivity contribution in [3.63, 3.8) is 0 Å². The molecule has 0 bridgehead atoms. The van der Waals surface area contributed by atoms with E-state index in [-0.39, 0.29) is 5.91 Å². The van der Waals surface area contributed by atoms with Crippen molar-refractivity contribution in [2.24, 2.45) is 0 Å². The minimum absolute atomic E-state index is 0.243. The second-order valence-electron chi connectivity index (χ2n) is 5.72. The molecule has 1 amide bonds. The van der Waals surface area contributed by atoms with Gasteiger partial charge in [-0.25, -0.2) is 4.79 Å². The quantitative estimate of drug-likeness (QED) is 0.483. The van der Waals surface area contributed by atoms with E-state index in [9.17, 15) is 9.59 Å². The summed E-state index contributed by atoms with van der Waals surface area (Å²) in [6.07, 6.45) is 4.31. The number of carbonyl (C=O) groups is 2. The van der Waals surface area contributed by atoms with Crippen molar-refractivity contribution in [2.75, 3.05) is 20.2 Å². The second-order valence-corrected chi connectivity index (χ2v) is 5.72. The summed E-state index contributed by atoms with van der Waals surface area (Å²) in [5.41, 5.74) is 1.25. The Kier molecular flexibility index (Phi) is 5.92. The minimum atomic E-state index is -0.407. The minimum Gasteiger partial charge on any atom is -0.466 e. The predicted octanol–water partition coefficient (Wildman–Crippen LogP) is 1.29. The maximum atomic E-state index is 12.2. The SMILES string of the molecule is COC(=O)/C=C/CCNC(=O)c1noc2c1CN(C(C)C)CC2. The summed E-state index contributed by atoms with van der Waals surface area (Å²) in [7, 11) is 1.32. The monoisotopic (exact) mass is 321 g/mol. The molecular weight excluding hydrogens is 298 g/mol. The molecule has 7 heteroatoms. The van der Waals surface area contributed by atoms with Crippen LogP contribution in [0.5, 0.6) is 0 Å². The molecule has 0 saturated heterocycles. The molecule has 1 aromatic heterocycles. The van der Waals surface area contributed by atoms with Gasteiger partial charge in [0.15, 0.2) is 5.69 Å². The van der Waals surface area contributed by atoms with E-state index in [2.05, 4.69) is 34.0 Å². The second kappa shape index (κ2) is 7.92. The van der Waals surface area contributed by atoms with Crippen molar-refractivity contribution in [3.8, 4) is 0 Å². The molecule has 2 heterocycles. The molecular formula is C16H23N3O4. The van der Waals surface area contributed by atoms with Gasteiger partial charge in [0.05, 0.1) is 7.11 Å². The first kappa shape index (κ1) is 17.2. The highest BCUT2D eigenvalue weighted by Crippen LogP contribution is 2.23. The average molecular weight is 321 g/mol. The van der Waals surface area contributed by atoms with Gasteiger partial charge in [-0.2, -0.15) is 0 Å². The van der Waals surface area contributed by atoms with E-state index in [1.165, 1.54) is 13.2 Å². The fourth-order valence-electron chi connectivity index (χ4n) is 2.45. The first-order valence-corrected chi connectivity index (χ1v) is 7.77. The molecule has 0 spiro atoms. The molecule has 0 fully saturated rings. The van der Waals surface area contributed by atoms with Gasteiger partial charge in [0, 0.05) is 43.7 Å². The van der Waals surface area contributed by atoms with E-state index >= 15 is 0 Å². The molecule has 1 aliphatic rings. The Morgan fingerprint density at radius 3 is 2.96 bits per heavy atom. The largest absolute Gasteiger partial charge is 0.466 e. The van der Waals surface area contributed by atoms with Gasteiger partial charge in [-0.3, -0.25) is 9.69 Å². The molecule has 1 aromatic rings. The molecule has 0 radical (unpaired) electrons. The standard InChI is InChI=1S/C16H23N3O4/c1-11(2)19-9-7-13-12(10-19)15(18-23-13)16(21)17-8-5-4-6-14(20)22-3/h4,6,11H,5,7-10H2,1-3H3,(H,17,21)/b6-4+. The molecule has 126 valence electrons. The van der Waals surface area contributed by atoms with Gasteiger partial charge in [0.1, 0.15) is 5.76 Å². The zero-order chi connectivity index (χ0) is 16.8. The number of fused-ring (bicyclic) bond motifs is 1. The van der Waals surface area contributed by atoms with Gasteiger partial charge in [0.25, 0.3) is 5.91 Å². The molecule has 2 rings (SSSR count). The summed E-state index contributed by atoms with van der Waals surface area (Å²) in [4.78, 5) is 25.4. The van der Waals surface area contributed by atoms with Crippen molar-refractivity contribution in [2.45, 2.75) is 39.3 Å². The molecule has 0 aliphatic carbocycles. The number of aromatic nitrogens is 1. The highest BCUT2D eigenvalue weighted by molar-refractivity contribution is 5.93. The van der Waals surface area contributed by atoms with Gasteiger partial charge in [-0.05, 0) is 20.3 Å². The van der Waals surface area contributed by atoms with Gasteiger partial charge < -0.3 is 14.6 Å². The summed E-state index contributed by atoms with van der Waals surface area (Å²) in [6.45, 7) is 6.28. The van der Waals surface area contributed by atoms with Crippen LogP contribution >= 0.6 is 0 Å². The lowest BCUT2D eigenvalue weighted by molar-refractivity contribution is -0.134. The number of hydrogen-bond acceptors (Lipinski definition) is 6. The fraction of sp³-hybridized carbons (Fsp3) is 0.562. The number of carbonyl (C=O) groups excluding carboxylic acids is 2. The number of ether oxygens (including phenoxy) is 1. The zero-order valence-electron chi connectivity index (χ0n) is 13.8. The zero-order valence-corrected chi connectivity index (χ0v) is 13.8. The van der Waals surface area contributed by atoms with Crippen LogP contribution in [0.25, 0.3) is 0 Å². The molecule has 0 atom stereocenters. The van der Waals surface area contributed by atoms with Crippen molar-refractivity contribution >= 4 is 11.9 Å². The van der Waals surface area contributed by atoms with Crippen molar-refractivity contribution < 1.29 is 18.8 Å². The summed E-state index contributed by atoms with van der Waals surface area (Å²) in [5, 5.41) is 6.71. The summed E-state index contributed by atoms with van der Waals surface area (Å²) in [5.74, 6) is 0.153. The maximum Gasteiger partial charge on any atom is 0.330 e. The number of nitrogens with one attached hydrogen (secondary N) is 1. The van der Waals surface area contributed by atoms with E-state index in [4.69, 9.17) is 4.52 Å². The van der Waals surface area contributed by atoms with Crippen LogP contribution in [0, 0.1) is 0 Å². The number of methoxy groups -OCH3 is 1.